The van der Waals surface area contributed by atoms with E-state index in [-0.39, 0.29) is 6.71 Å². The van der Waals surface area contributed by atoms with Gasteiger partial charge in [0.25, 0.3) is 6.71 Å². The lowest BCUT2D eigenvalue weighted by atomic mass is 9.34. The average molecular weight is 664 g/mol. The van der Waals surface area contributed by atoms with E-state index in [2.05, 4.69) is 181 Å². The quantitative estimate of drug-likeness (QED) is 0.138. The highest BCUT2D eigenvalue weighted by Crippen LogP contribution is 2.44. The van der Waals surface area contributed by atoms with Crippen LogP contribution in [0.1, 0.15) is 0 Å². The molecule has 0 N–H and O–H groups in total. The minimum absolute atomic E-state index is 0.0915. The predicted octanol–water partition coefficient (Wildman–Crippen LogP) is 11.0. The Labute approximate surface area is 302 Å². The van der Waals surface area contributed by atoms with Crippen molar-refractivity contribution in [2.45, 2.75) is 0 Å². The number of anilines is 3. The molecule has 0 amide bonds. The summed E-state index contributed by atoms with van der Waals surface area (Å²) in [7, 11) is 0. The molecule has 0 saturated heterocycles. The third-order valence-electron chi connectivity index (χ3n) is 10.7. The van der Waals surface area contributed by atoms with Crippen LogP contribution in [0.3, 0.4) is 0 Å². The minimum Gasteiger partial charge on any atom is -0.458 e. The highest BCUT2D eigenvalue weighted by molar-refractivity contribution is 6.99. The smallest absolute Gasteiger partial charge is 0.261 e. The molecule has 2 aliphatic heterocycles. The number of hydrogen-bond donors (Lipinski definition) is 0. The largest absolute Gasteiger partial charge is 0.458 e. The normalized spacial score (nSPS) is 12.5. The number of nitrogens with zero attached hydrogens (tertiary/aromatic N) is 1. The molecule has 52 heavy (non-hydrogen) atoms. The van der Waals surface area contributed by atoms with Gasteiger partial charge in [-0.25, -0.2) is 0 Å². The lowest BCUT2D eigenvalue weighted by Gasteiger charge is -2.35. The Morgan fingerprint density at radius 3 is 1.71 bits per heavy atom. The SMILES string of the molecule is c1ccc(N(c2ccccc2)c2cc3c(c4ccccc24)B2c4cc(-c5cc6ccccc6c6ccccc56)ccc4Oc4cccc(c42)O3)cc1. The van der Waals surface area contributed by atoms with Crippen molar-refractivity contribution in [1.29, 1.82) is 0 Å². The molecule has 242 valence electrons. The highest BCUT2D eigenvalue weighted by Gasteiger charge is 2.42. The predicted molar refractivity (Wildman–Crippen MR) is 217 cm³/mol. The van der Waals surface area contributed by atoms with E-state index in [0.29, 0.717) is 0 Å². The first-order chi connectivity index (χ1) is 25.8. The first kappa shape index (κ1) is 29.0. The Hall–Kier alpha value is -6.78. The van der Waals surface area contributed by atoms with Gasteiger partial charge in [-0.3, -0.25) is 0 Å². The van der Waals surface area contributed by atoms with Crippen LogP contribution in [0.2, 0.25) is 0 Å². The molecule has 0 aromatic heterocycles. The summed E-state index contributed by atoms with van der Waals surface area (Å²) in [5, 5.41) is 7.31. The third kappa shape index (κ3) is 4.34. The zero-order chi connectivity index (χ0) is 34.2. The summed E-state index contributed by atoms with van der Waals surface area (Å²) in [6.07, 6.45) is 0. The van der Waals surface area contributed by atoms with Gasteiger partial charge in [0.2, 0.25) is 0 Å². The second kappa shape index (κ2) is 11.4. The summed E-state index contributed by atoms with van der Waals surface area (Å²) in [5.41, 5.74) is 8.98. The van der Waals surface area contributed by atoms with Gasteiger partial charge in [-0.2, -0.15) is 0 Å². The van der Waals surface area contributed by atoms with Crippen LogP contribution in [0.4, 0.5) is 17.1 Å². The van der Waals surface area contributed by atoms with Crippen LogP contribution < -0.4 is 30.8 Å². The zero-order valence-electron chi connectivity index (χ0n) is 28.2. The molecule has 4 heteroatoms. The van der Waals surface area contributed by atoms with Crippen LogP contribution in [0.5, 0.6) is 23.0 Å². The summed E-state index contributed by atoms with van der Waals surface area (Å²) in [5.74, 6) is 3.40. The summed E-state index contributed by atoms with van der Waals surface area (Å²) < 4.78 is 13.6. The number of para-hydroxylation sites is 2. The van der Waals surface area contributed by atoms with Gasteiger partial charge in [0.05, 0.1) is 5.69 Å². The molecule has 0 radical (unpaired) electrons. The Morgan fingerprint density at radius 1 is 0.385 bits per heavy atom. The minimum atomic E-state index is -0.0915. The first-order valence-corrected chi connectivity index (χ1v) is 17.8. The van der Waals surface area contributed by atoms with Gasteiger partial charge in [-0.05, 0) is 97.5 Å². The third-order valence-corrected chi connectivity index (χ3v) is 10.7. The zero-order valence-corrected chi connectivity index (χ0v) is 28.2. The molecule has 2 aliphatic rings. The molecule has 0 fully saturated rings. The van der Waals surface area contributed by atoms with Crippen LogP contribution in [-0.4, -0.2) is 6.71 Å². The maximum atomic E-state index is 6.92. The van der Waals surface area contributed by atoms with Gasteiger partial charge in [-0.1, -0.05) is 127 Å². The number of rotatable bonds is 4. The second-order valence-electron chi connectivity index (χ2n) is 13.6. The van der Waals surface area contributed by atoms with Crippen LogP contribution in [0.25, 0.3) is 43.4 Å². The fourth-order valence-corrected chi connectivity index (χ4v) is 8.51. The number of fused-ring (bicyclic) bond motifs is 9. The molecule has 11 rings (SSSR count). The van der Waals surface area contributed by atoms with E-state index in [0.717, 1.165) is 67.2 Å². The molecule has 0 atom stereocenters. The van der Waals surface area contributed by atoms with Crippen LogP contribution in [0, 0.1) is 0 Å². The standard InChI is InChI=1S/C48H30BNO2/c1-3-15-33(16-4-1)50(34-17-5-2-6-18-34)42-30-46-47(39-23-12-11-22-38(39)42)49-41-29-32(26-27-43(41)51-44-24-13-25-45(52-46)48(44)49)40-28-31-14-7-8-19-35(31)36-20-9-10-21-37(36)40/h1-30H. The van der Waals surface area contributed by atoms with Gasteiger partial charge >= 0.3 is 0 Å². The van der Waals surface area contributed by atoms with E-state index in [9.17, 15) is 0 Å². The van der Waals surface area contributed by atoms with Gasteiger partial charge in [0, 0.05) is 28.3 Å². The summed E-state index contributed by atoms with van der Waals surface area (Å²) in [6.45, 7) is -0.0915. The Bertz CT molecular complexity index is 2830. The van der Waals surface area contributed by atoms with Crippen LogP contribution >= 0.6 is 0 Å². The van der Waals surface area contributed by atoms with E-state index in [4.69, 9.17) is 9.47 Å². The summed E-state index contributed by atoms with van der Waals surface area (Å²) >= 11 is 0. The number of hydrogen-bond acceptors (Lipinski definition) is 3. The van der Waals surface area contributed by atoms with Crippen molar-refractivity contribution in [2.24, 2.45) is 0 Å². The van der Waals surface area contributed by atoms with Crippen molar-refractivity contribution in [2.75, 3.05) is 4.90 Å². The number of benzene rings is 9. The first-order valence-electron chi connectivity index (χ1n) is 17.8. The van der Waals surface area contributed by atoms with E-state index in [1.54, 1.807) is 0 Å². The summed E-state index contributed by atoms with van der Waals surface area (Å²) in [4.78, 5) is 2.33. The van der Waals surface area contributed by atoms with Crippen LogP contribution in [-0.2, 0) is 0 Å². The molecular formula is C48H30BNO2. The molecule has 9 aromatic carbocycles. The van der Waals surface area contributed by atoms with E-state index in [1.165, 1.54) is 32.7 Å². The van der Waals surface area contributed by atoms with Crippen molar-refractivity contribution in [3.05, 3.63) is 182 Å². The summed E-state index contributed by atoms with van der Waals surface area (Å²) in [6, 6.07) is 64.8. The number of ether oxygens (including phenoxy) is 2. The molecule has 9 aromatic rings. The molecule has 2 heterocycles. The van der Waals surface area contributed by atoms with Crippen molar-refractivity contribution in [1.82, 2.24) is 0 Å². The molecule has 0 unspecified atom stereocenters. The topological polar surface area (TPSA) is 21.7 Å². The molecule has 0 bridgehead atoms. The van der Waals surface area contributed by atoms with Crippen molar-refractivity contribution < 1.29 is 9.47 Å². The van der Waals surface area contributed by atoms with Gasteiger partial charge < -0.3 is 14.4 Å². The van der Waals surface area contributed by atoms with Gasteiger partial charge in [-0.15, -0.1) is 0 Å². The van der Waals surface area contributed by atoms with E-state index >= 15 is 0 Å². The monoisotopic (exact) mass is 663 g/mol. The molecule has 0 saturated carbocycles. The average Bonchev–Trinajstić information content (AvgIpc) is 3.21. The van der Waals surface area contributed by atoms with Crippen molar-refractivity contribution in [3.63, 3.8) is 0 Å². The highest BCUT2D eigenvalue weighted by atomic mass is 16.5. The Morgan fingerprint density at radius 2 is 0.981 bits per heavy atom. The van der Waals surface area contributed by atoms with Gasteiger partial charge in [0.15, 0.2) is 0 Å². The van der Waals surface area contributed by atoms with E-state index < -0.39 is 0 Å². The Kier molecular flexibility index (Phi) is 6.35. The lowest BCUT2D eigenvalue weighted by Crippen LogP contribution is -2.57. The maximum absolute atomic E-state index is 6.92. The van der Waals surface area contributed by atoms with E-state index in [1.807, 2.05) is 6.07 Å². The van der Waals surface area contributed by atoms with Crippen molar-refractivity contribution in [3.8, 4) is 34.1 Å². The molecular weight excluding hydrogens is 633 g/mol. The van der Waals surface area contributed by atoms with Crippen molar-refractivity contribution >= 4 is 72.5 Å². The second-order valence-corrected chi connectivity index (χ2v) is 13.6. The van der Waals surface area contributed by atoms with Crippen LogP contribution in [0.15, 0.2) is 182 Å². The molecule has 0 aliphatic carbocycles. The lowest BCUT2D eigenvalue weighted by molar-refractivity contribution is 0.465. The fourth-order valence-electron chi connectivity index (χ4n) is 8.51. The molecule has 3 nitrogen and oxygen atoms in total. The Balaban J connectivity index is 1.17. The fraction of sp³-hybridized carbons (Fsp3) is 0. The molecule has 0 spiro atoms. The van der Waals surface area contributed by atoms with Gasteiger partial charge in [0.1, 0.15) is 23.0 Å². The maximum Gasteiger partial charge on any atom is 0.261 e.